The van der Waals surface area contributed by atoms with E-state index in [0.717, 1.165) is 11.3 Å². The fourth-order valence-corrected chi connectivity index (χ4v) is 3.03. The van der Waals surface area contributed by atoms with Gasteiger partial charge in [0.05, 0.1) is 11.6 Å². The summed E-state index contributed by atoms with van der Waals surface area (Å²) in [6.07, 6.45) is 2.99. The highest BCUT2D eigenvalue weighted by atomic mass is 19.1. The molecule has 2 aromatic carbocycles. The van der Waals surface area contributed by atoms with Gasteiger partial charge in [0.1, 0.15) is 23.6 Å². The summed E-state index contributed by atoms with van der Waals surface area (Å²) in [7, 11) is 0. The van der Waals surface area contributed by atoms with E-state index in [4.69, 9.17) is 0 Å². The molecule has 0 spiro atoms. The first-order valence-electron chi connectivity index (χ1n) is 9.18. The Labute approximate surface area is 166 Å². The van der Waals surface area contributed by atoms with Gasteiger partial charge in [-0.3, -0.25) is 4.79 Å². The highest BCUT2D eigenvalue weighted by molar-refractivity contribution is 5.96. The largest absolute Gasteiger partial charge is 0.352 e. The second-order valence-electron chi connectivity index (χ2n) is 6.48. The number of carbonyl (C=O) groups excluding carboxylic acids is 1. The number of para-hydroxylation sites is 1. The Bertz CT molecular complexity index is 1200. The van der Waals surface area contributed by atoms with Crippen LogP contribution in [0.15, 0.2) is 55.0 Å². The first kappa shape index (κ1) is 18.5. The molecule has 2 N–H and O–H groups in total. The molecular weight excluding hydrogens is 371 g/mol. The number of fused-ring (bicyclic) bond motifs is 1. The number of hydrogen-bond acceptors (Lipinski definition) is 5. The lowest BCUT2D eigenvalue weighted by molar-refractivity contribution is 0.0956. The lowest BCUT2D eigenvalue weighted by Gasteiger charge is -2.12. The van der Waals surface area contributed by atoms with Crippen LogP contribution in [0.5, 0.6) is 0 Å². The third kappa shape index (κ3) is 3.52. The van der Waals surface area contributed by atoms with E-state index in [0.29, 0.717) is 34.6 Å². The highest BCUT2D eigenvalue weighted by Crippen LogP contribution is 2.27. The van der Waals surface area contributed by atoms with Crippen molar-refractivity contribution in [2.24, 2.45) is 0 Å². The second kappa shape index (κ2) is 7.67. The average Bonchev–Trinajstić information content (AvgIpc) is 3.15. The molecule has 0 fully saturated rings. The van der Waals surface area contributed by atoms with Gasteiger partial charge in [-0.2, -0.15) is 5.10 Å². The maximum Gasteiger partial charge on any atom is 0.251 e. The summed E-state index contributed by atoms with van der Waals surface area (Å²) in [5, 5.41) is 11.0. The second-order valence-corrected chi connectivity index (χ2v) is 6.48. The predicted octanol–water partition coefficient (Wildman–Crippen LogP) is 3.76. The van der Waals surface area contributed by atoms with Crippen LogP contribution in [0.25, 0.3) is 16.7 Å². The fourth-order valence-electron chi connectivity index (χ4n) is 3.03. The van der Waals surface area contributed by atoms with E-state index in [1.165, 1.54) is 17.1 Å². The topological polar surface area (TPSA) is 84.7 Å². The standard InChI is InChI=1S/C21H19FN6O/c1-3-23-21(29)14-9-8-13(2)17(10-14)27-19-15-11-26-28(20(15)25-12-24-19)18-7-5-4-6-16(18)22/h4-12H,3H2,1-2H3,(H,23,29)(H,24,25,27). The Morgan fingerprint density at radius 3 is 2.79 bits per heavy atom. The average molecular weight is 390 g/mol. The smallest absolute Gasteiger partial charge is 0.251 e. The summed E-state index contributed by atoms with van der Waals surface area (Å²) < 4.78 is 15.6. The number of nitrogens with one attached hydrogen (secondary N) is 2. The minimum Gasteiger partial charge on any atom is -0.352 e. The molecular formula is C21H19FN6O. The molecule has 0 aliphatic heterocycles. The first-order valence-corrected chi connectivity index (χ1v) is 9.18. The van der Waals surface area contributed by atoms with Crippen LogP contribution in [0.2, 0.25) is 0 Å². The number of aryl methyl sites for hydroxylation is 1. The molecule has 0 aliphatic carbocycles. The molecule has 8 heteroatoms. The van der Waals surface area contributed by atoms with E-state index in [2.05, 4.69) is 25.7 Å². The van der Waals surface area contributed by atoms with Gasteiger partial charge in [-0.05, 0) is 43.7 Å². The zero-order chi connectivity index (χ0) is 20.4. The lowest BCUT2D eigenvalue weighted by atomic mass is 10.1. The van der Waals surface area contributed by atoms with Gasteiger partial charge < -0.3 is 10.6 Å². The number of aromatic nitrogens is 4. The molecule has 7 nitrogen and oxygen atoms in total. The molecule has 0 saturated carbocycles. The number of benzene rings is 2. The predicted molar refractivity (Wildman–Crippen MR) is 109 cm³/mol. The molecule has 0 saturated heterocycles. The van der Waals surface area contributed by atoms with Gasteiger partial charge in [-0.15, -0.1) is 0 Å². The highest BCUT2D eigenvalue weighted by Gasteiger charge is 2.15. The Kier molecular flexibility index (Phi) is 4.90. The van der Waals surface area contributed by atoms with Crippen LogP contribution in [-0.2, 0) is 0 Å². The zero-order valence-corrected chi connectivity index (χ0v) is 16.0. The number of nitrogens with zero attached hydrogens (tertiary/aromatic N) is 4. The van der Waals surface area contributed by atoms with Crippen molar-refractivity contribution in [2.75, 3.05) is 11.9 Å². The number of rotatable bonds is 5. The fraction of sp³-hybridized carbons (Fsp3) is 0.143. The summed E-state index contributed by atoms with van der Waals surface area (Å²) >= 11 is 0. The van der Waals surface area contributed by atoms with Gasteiger partial charge in [0, 0.05) is 17.8 Å². The Morgan fingerprint density at radius 2 is 2.00 bits per heavy atom. The maximum atomic E-state index is 14.2. The minimum atomic E-state index is -0.392. The van der Waals surface area contributed by atoms with Crippen molar-refractivity contribution >= 4 is 28.4 Å². The van der Waals surface area contributed by atoms with E-state index in [1.807, 2.05) is 19.9 Å². The van der Waals surface area contributed by atoms with Gasteiger partial charge in [-0.1, -0.05) is 18.2 Å². The molecule has 2 aromatic heterocycles. The number of halogens is 1. The van der Waals surface area contributed by atoms with Gasteiger partial charge in [0.25, 0.3) is 5.91 Å². The zero-order valence-electron chi connectivity index (χ0n) is 16.0. The van der Waals surface area contributed by atoms with Gasteiger partial charge in [0.2, 0.25) is 0 Å². The Balaban J connectivity index is 1.74. The molecule has 146 valence electrons. The molecule has 0 radical (unpaired) electrons. The van der Waals surface area contributed by atoms with Crippen molar-refractivity contribution < 1.29 is 9.18 Å². The van der Waals surface area contributed by atoms with Crippen LogP contribution in [0.4, 0.5) is 15.9 Å². The van der Waals surface area contributed by atoms with E-state index >= 15 is 0 Å². The summed E-state index contributed by atoms with van der Waals surface area (Å²) in [6, 6.07) is 11.8. The SMILES string of the molecule is CCNC(=O)c1ccc(C)c(Nc2ncnc3c2cnn3-c2ccccc2F)c1. The third-order valence-electron chi connectivity index (χ3n) is 4.54. The number of amides is 1. The molecule has 0 unspecified atom stereocenters. The van der Waals surface area contributed by atoms with Crippen molar-refractivity contribution in [3.8, 4) is 5.69 Å². The van der Waals surface area contributed by atoms with E-state index in [1.54, 1.807) is 36.5 Å². The molecule has 2 heterocycles. The van der Waals surface area contributed by atoms with E-state index in [-0.39, 0.29) is 5.91 Å². The third-order valence-corrected chi connectivity index (χ3v) is 4.54. The van der Waals surface area contributed by atoms with Crippen LogP contribution >= 0.6 is 0 Å². The molecule has 0 bridgehead atoms. The quantitative estimate of drug-likeness (QED) is 0.542. The van der Waals surface area contributed by atoms with Crippen molar-refractivity contribution in [3.63, 3.8) is 0 Å². The molecule has 4 rings (SSSR count). The Morgan fingerprint density at radius 1 is 1.17 bits per heavy atom. The summed E-state index contributed by atoms with van der Waals surface area (Å²) in [5.74, 6) is -0.0133. The van der Waals surface area contributed by atoms with Gasteiger partial charge >= 0.3 is 0 Å². The molecule has 4 aromatic rings. The van der Waals surface area contributed by atoms with Crippen molar-refractivity contribution in [1.82, 2.24) is 25.1 Å². The normalized spacial score (nSPS) is 10.9. The van der Waals surface area contributed by atoms with Crippen LogP contribution in [0.1, 0.15) is 22.8 Å². The summed E-state index contributed by atoms with van der Waals surface area (Å²) in [5.41, 5.74) is 3.03. The maximum absolute atomic E-state index is 14.2. The number of carbonyl (C=O) groups is 1. The van der Waals surface area contributed by atoms with E-state index < -0.39 is 5.82 Å². The Hall–Kier alpha value is -3.81. The number of anilines is 2. The minimum absolute atomic E-state index is 0.143. The summed E-state index contributed by atoms with van der Waals surface area (Å²) in [6.45, 7) is 4.36. The monoisotopic (exact) mass is 390 g/mol. The van der Waals surface area contributed by atoms with Gasteiger partial charge in [0.15, 0.2) is 5.65 Å². The van der Waals surface area contributed by atoms with Crippen LogP contribution < -0.4 is 10.6 Å². The summed E-state index contributed by atoms with van der Waals surface area (Å²) in [4.78, 5) is 20.7. The molecule has 1 amide bonds. The molecule has 0 atom stereocenters. The van der Waals surface area contributed by atoms with Gasteiger partial charge in [-0.25, -0.2) is 19.0 Å². The van der Waals surface area contributed by atoms with E-state index in [9.17, 15) is 9.18 Å². The first-order chi connectivity index (χ1) is 14.1. The van der Waals surface area contributed by atoms with Crippen LogP contribution in [-0.4, -0.2) is 32.2 Å². The van der Waals surface area contributed by atoms with Crippen molar-refractivity contribution in [3.05, 3.63) is 71.9 Å². The molecule has 0 aliphatic rings. The van der Waals surface area contributed by atoms with Crippen LogP contribution in [0.3, 0.4) is 0 Å². The lowest BCUT2D eigenvalue weighted by Crippen LogP contribution is -2.22. The molecule has 29 heavy (non-hydrogen) atoms. The van der Waals surface area contributed by atoms with Crippen molar-refractivity contribution in [1.29, 1.82) is 0 Å². The van der Waals surface area contributed by atoms with Crippen LogP contribution in [0, 0.1) is 12.7 Å². The number of hydrogen-bond donors (Lipinski definition) is 2. The van der Waals surface area contributed by atoms with Crippen molar-refractivity contribution in [2.45, 2.75) is 13.8 Å².